The summed E-state index contributed by atoms with van der Waals surface area (Å²) < 4.78 is 1.72. The second-order valence-electron chi connectivity index (χ2n) is 6.92. The number of carbonyl (C=O) groups excluding carboxylic acids is 2. The van der Waals surface area contributed by atoms with E-state index in [9.17, 15) is 14.7 Å². The Morgan fingerprint density at radius 2 is 1.83 bits per heavy atom. The van der Waals surface area contributed by atoms with E-state index in [2.05, 4.69) is 4.99 Å². The molecule has 2 aliphatic heterocycles. The molecule has 0 saturated carbocycles. The number of aromatic hydroxyl groups is 1. The number of aliphatic imine (C=N–C) groups is 1. The van der Waals surface area contributed by atoms with Crippen molar-refractivity contribution < 1.29 is 14.7 Å². The fourth-order valence-corrected chi connectivity index (χ4v) is 5.08. The van der Waals surface area contributed by atoms with E-state index < -0.39 is 11.9 Å². The van der Waals surface area contributed by atoms with Crippen LogP contribution in [0.25, 0.3) is 11.6 Å². The van der Waals surface area contributed by atoms with Gasteiger partial charge in [-0.25, -0.2) is 4.90 Å². The summed E-state index contributed by atoms with van der Waals surface area (Å²) in [4.78, 5) is 31.6. The average molecular weight is 434 g/mol. The quantitative estimate of drug-likeness (QED) is 0.478. The molecule has 1 aromatic heterocycles. The van der Waals surface area contributed by atoms with Crippen LogP contribution in [0.15, 0.2) is 59.6 Å². The third-order valence-electron chi connectivity index (χ3n) is 5.14. The van der Waals surface area contributed by atoms with Crippen LogP contribution in [0.2, 0.25) is 0 Å². The van der Waals surface area contributed by atoms with Gasteiger partial charge >= 0.3 is 0 Å². The minimum absolute atomic E-state index is 0.0490. The molecule has 2 aromatic carbocycles. The lowest BCUT2D eigenvalue weighted by atomic mass is 10.1. The van der Waals surface area contributed by atoms with E-state index in [0.717, 1.165) is 21.7 Å². The minimum atomic E-state index is -0.863. The number of carbonyl (C=O) groups is 2. The summed E-state index contributed by atoms with van der Waals surface area (Å²) in [5.74, 6) is -0.834. The third kappa shape index (κ3) is 2.92. The number of nitrogens with zero attached hydrogens (tertiary/aromatic N) is 3. The number of para-hydroxylation sites is 2. The maximum atomic E-state index is 13.0. The number of thiazole rings is 1. The van der Waals surface area contributed by atoms with Gasteiger partial charge in [-0.1, -0.05) is 36.4 Å². The molecular formula is C22H15N3O3S2. The van der Waals surface area contributed by atoms with Gasteiger partial charge in [0.1, 0.15) is 6.04 Å². The molecule has 148 valence electrons. The molecule has 0 aliphatic carbocycles. The van der Waals surface area contributed by atoms with Crippen molar-refractivity contribution in [2.24, 2.45) is 4.99 Å². The number of benzene rings is 2. The smallest absolute Gasteiger partial charge is 0.257 e. The van der Waals surface area contributed by atoms with Gasteiger partial charge in [-0.2, -0.15) is 0 Å². The summed E-state index contributed by atoms with van der Waals surface area (Å²) in [6, 6.07) is 15.6. The predicted octanol–water partition coefficient (Wildman–Crippen LogP) is 4.75. The Balaban J connectivity index is 1.52. The predicted molar refractivity (Wildman–Crippen MR) is 120 cm³/mol. The first-order chi connectivity index (χ1) is 14.5. The zero-order valence-corrected chi connectivity index (χ0v) is 17.2. The van der Waals surface area contributed by atoms with E-state index in [0.29, 0.717) is 14.5 Å². The lowest BCUT2D eigenvalue weighted by molar-refractivity contribution is -0.122. The van der Waals surface area contributed by atoms with Crippen LogP contribution in [-0.2, 0) is 9.59 Å². The zero-order valence-electron chi connectivity index (χ0n) is 15.6. The molecule has 1 N–H and O–H groups in total. The van der Waals surface area contributed by atoms with Crippen LogP contribution in [-0.4, -0.2) is 27.7 Å². The second kappa shape index (κ2) is 7.16. The van der Waals surface area contributed by atoms with E-state index in [1.54, 1.807) is 36.6 Å². The summed E-state index contributed by atoms with van der Waals surface area (Å²) in [7, 11) is 0. The van der Waals surface area contributed by atoms with Crippen LogP contribution in [0.1, 0.15) is 22.9 Å². The number of hydrogen-bond acceptors (Lipinski definition) is 6. The highest BCUT2D eigenvalue weighted by Crippen LogP contribution is 2.39. The van der Waals surface area contributed by atoms with Gasteiger partial charge in [-0.3, -0.25) is 19.1 Å². The van der Waals surface area contributed by atoms with E-state index in [4.69, 9.17) is 12.2 Å². The Bertz CT molecular complexity index is 1300. The summed E-state index contributed by atoms with van der Waals surface area (Å²) >= 11 is 6.64. The van der Waals surface area contributed by atoms with Crippen molar-refractivity contribution in [1.29, 1.82) is 0 Å². The number of rotatable bonds is 3. The lowest BCUT2D eigenvalue weighted by Crippen LogP contribution is -2.31. The molecule has 0 radical (unpaired) electrons. The molecule has 5 rings (SSSR count). The highest BCUT2D eigenvalue weighted by Gasteiger charge is 2.42. The van der Waals surface area contributed by atoms with Gasteiger partial charge in [0.2, 0.25) is 11.8 Å². The summed E-state index contributed by atoms with van der Waals surface area (Å²) in [6.07, 6.45) is 3.49. The van der Waals surface area contributed by atoms with Gasteiger partial charge in [0.25, 0.3) is 5.91 Å². The van der Waals surface area contributed by atoms with Crippen LogP contribution < -0.4 is 4.90 Å². The third-order valence-corrected chi connectivity index (χ3v) is 6.47. The van der Waals surface area contributed by atoms with Crippen LogP contribution in [0, 0.1) is 3.95 Å². The topological polar surface area (TPSA) is 74.9 Å². The van der Waals surface area contributed by atoms with Gasteiger partial charge in [0.05, 0.1) is 22.7 Å². The number of amides is 2. The SMILES string of the molecule is O=C1CC(n2c(O)c(/C=C3\C=Nc4ccccc43)sc2=S)C(=O)N1c1ccccc1. The first kappa shape index (κ1) is 18.7. The maximum absolute atomic E-state index is 13.0. The number of aromatic nitrogens is 1. The number of allylic oxidation sites excluding steroid dienone is 1. The molecule has 3 aromatic rings. The van der Waals surface area contributed by atoms with Gasteiger partial charge in [0, 0.05) is 17.4 Å². The molecule has 6 nitrogen and oxygen atoms in total. The zero-order chi connectivity index (χ0) is 20.8. The summed E-state index contributed by atoms with van der Waals surface area (Å²) in [5.41, 5.74) is 3.19. The first-order valence-corrected chi connectivity index (χ1v) is 10.5. The normalized spacial score (nSPS) is 19.1. The van der Waals surface area contributed by atoms with Gasteiger partial charge in [-0.15, -0.1) is 11.3 Å². The van der Waals surface area contributed by atoms with Crippen LogP contribution in [0.4, 0.5) is 11.4 Å². The largest absolute Gasteiger partial charge is 0.493 e. The second-order valence-corrected chi connectivity index (χ2v) is 8.60. The molecule has 1 saturated heterocycles. The summed E-state index contributed by atoms with van der Waals surface area (Å²) in [6.45, 7) is 0. The Hall–Kier alpha value is -3.36. The van der Waals surface area contributed by atoms with Crippen molar-refractivity contribution in [2.75, 3.05) is 4.90 Å². The Morgan fingerprint density at radius 1 is 1.10 bits per heavy atom. The number of anilines is 1. The molecule has 3 heterocycles. The van der Waals surface area contributed by atoms with E-state index in [1.165, 1.54) is 15.9 Å². The number of imide groups is 1. The number of hydrogen-bond donors (Lipinski definition) is 1. The molecule has 8 heteroatoms. The van der Waals surface area contributed by atoms with E-state index in [1.807, 2.05) is 30.3 Å². The van der Waals surface area contributed by atoms with Crippen LogP contribution >= 0.6 is 23.6 Å². The maximum Gasteiger partial charge on any atom is 0.257 e. The first-order valence-electron chi connectivity index (χ1n) is 9.26. The fraction of sp³-hybridized carbons (Fsp3) is 0.0909. The highest BCUT2D eigenvalue weighted by atomic mass is 32.1. The summed E-state index contributed by atoms with van der Waals surface area (Å²) in [5, 5.41) is 10.9. The monoisotopic (exact) mass is 433 g/mol. The Labute approximate surface area is 181 Å². The van der Waals surface area contributed by atoms with Crippen molar-refractivity contribution in [3.8, 4) is 5.88 Å². The lowest BCUT2D eigenvalue weighted by Gasteiger charge is -2.15. The van der Waals surface area contributed by atoms with Crippen molar-refractivity contribution in [2.45, 2.75) is 12.5 Å². The van der Waals surface area contributed by atoms with Gasteiger partial charge in [-0.05, 0) is 36.5 Å². The molecular weight excluding hydrogens is 418 g/mol. The van der Waals surface area contributed by atoms with E-state index in [-0.39, 0.29) is 18.2 Å². The van der Waals surface area contributed by atoms with E-state index >= 15 is 0 Å². The average Bonchev–Trinajstić information content (AvgIpc) is 3.37. The minimum Gasteiger partial charge on any atom is -0.493 e. The molecule has 1 atom stereocenters. The van der Waals surface area contributed by atoms with Gasteiger partial charge in [0.15, 0.2) is 3.95 Å². The highest BCUT2D eigenvalue weighted by molar-refractivity contribution is 7.73. The molecule has 2 amide bonds. The number of fused-ring (bicyclic) bond motifs is 1. The molecule has 1 fully saturated rings. The van der Waals surface area contributed by atoms with Crippen LogP contribution in [0.5, 0.6) is 5.88 Å². The standard InChI is InChI=1S/C22H15N3O3S2/c26-19-11-17(20(27)24(19)14-6-2-1-3-7-14)25-21(28)18(30-22(25)29)10-13-12-23-16-9-5-4-8-15(13)16/h1-10,12,17,28H,11H2/b13-10+. The van der Waals surface area contributed by atoms with Crippen LogP contribution in [0.3, 0.4) is 0 Å². The van der Waals surface area contributed by atoms with Crippen molar-refractivity contribution >= 4 is 64.6 Å². The van der Waals surface area contributed by atoms with Crippen molar-refractivity contribution in [3.05, 3.63) is 69.0 Å². The van der Waals surface area contributed by atoms with Crippen molar-refractivity contribution in [3.63, 3.8) is 0 Å². The fourth-order valence-electron chi connectivity index (χ4n) is 3.72. The Morgan fingerprint density at radius 3 is 2.63 bits per heavy atom. The van der Waals surface area contributed by atoms with Crippen molar-refractivity contribution in [1.82, 2.24) is 4.57 Å². The molecule has 1 unspecified atom stereocenters. The molecule has 0 spiro atoms. The molecule has 2 aliphatic rings. The Kier molecular flexibility index (Phi) is 4.45. The molecule has 30 heavy (non-hydrogen) atoms. The molecule has 0 bridgehead atoms. The van der Waals surface area contributed by atoms with Gasteiger partial charge < -0.3 is 5.11 Å².